The van der Waals surface area contributed by atoms with Crippen molar-refractivity contribution in [2.24, 2.45) is 0 Å². The van der Waals surface area contributed by atoms with Crippen LogP contribution in [-0.4, -0.2) is 56.1 Å². The van der Waals surface area contributed by atoms with Crippen molar-refractivity contribution in [2.75, 3.05) is 12.4 Å². The molecule has 0 saturated heterocycles. The van der Waals surface area contributed by atoms with Crippen molar-refractivity contribution >= 4 is 27.2 Å². The van der Waals surface area contributed by atoms with Crippen LogP contribution < -0.4 is 5.32 Å². The maximum Gasteiger partial charge on any atom is 0.335 e. The molecule has 1 aromatic carbocycles. The predicted molar refractivity (Wildman–Crippen MR) is 116 cm³/mol. The molecule has 2 aliphatic carbocycles. The third-order valence-electron chi connectivity index (χ3n) is 6.70. The van der Waals surface area contributed by atoms with Gasteiger partial charge in [-0.25, -0.2) is 14.4 Å². The molecule has 170 valence electrons. The first-order chi connectivity index (χ1) is 15.2. The van der Waals surface area contributed by atoms with Gasteiger partial charge in [0.1, 0.15) is 17.8 Å². The van der Waals surface area contributed by atoms with Gasteiger partial charge in [-0.15, -0.1) is 0 Å². The predicted octanol–water partition coefficient (Wildman–Crippen LogP) is 2.47. The molecule has 1 saturated carbocycles. The average Bonchev–Trinajstić information content (AvgIpc) is 3.43. The van der Waals surface area contributed by atoms with Gasteiger partial charge >= 0.3 is 10.3 Å². The third-order valence-corrected chi connectivity index (χ3v) is 7.70. The number of hydrogen-bond acceptors (Lipinski definition) is 6. The molecule has 2 heterocycles. The lowest BCUT2D eigenvalue weighted by Gasteiger charge is -2.23. The molecule has 32 heavy (non-hydrogen) atoms. The highest BCUT2D eigenvalue weighted by Gasteiger charge is 2.41. The Labute approximate surface area is 184 Å². The Morgan fingerprint density at radius 1 is 1.25 bits per heavy atom. The molecule has 0 unspecified atom stereocenters. The van der Waals surface area contributed by atoms with Crippen molar-refractivity contribution in [3.8, 4) is 0 Å². The summed E-state index contributed by atoms with van der Waals surface area (Å²) in [4.78, 5) is 8.57. The number of rotatable bonds is 5. The molecular weight excluding hydrogens is 437 g/mol. The van der Waals surface area contributed by atoms with Gasteiger partial charge < -0.3 is 15.0 Å². The molecule has 3 N–H and O–H groups in total. The van der Waals surface area contributed by atoms with E-state index in [0.717, 1.165) is 17.1 Å². The Bertz CT molecular complexity index is 1280. The van der Waals surface area contributed by atoms with Crippen molar-refractivity contribution in [1.82, 2.24) is 18.8 Å². The normalized spacial score (nSPS) is 25.5. The van der Waals surface area contributed by atoms with Crippen LogP contribution in [0, 0.1) is 5.82 Å². The molecule has 9 nitrogen and oxygen atoms in total. The molecule has 3 aromatic rings. The van der Waals surface area contributed by atoms with Gasteiger partial charge in [-0.2, -0.15) is 12.7 Å². The summed E-state index contributed by atoms with van der Waals surface area (Å²) < 4.78 is 49.8. The quantitative estimate of drug-likeness (QED) is 0.499. The third kappa shape index (κ3) is 3.54. The van der Waals surface area contributed by atoms with Gasteiger partial charge in [-0.3, -0.25) is 4.55 Å². The van der Waals surface area contributed by atoms with Crippen LogP contribution in [0.25, 0.3) is 11.0 Å². The van der Waals surface area contributed by atoms with Crippen LogP contribution in [0.1, 0.15) is 42.5 Å². The molecule has 1 fully saturated rings. The Balaban J connectivity index is 1.46. The smallest absolute Gasteiger partial charge is 0.335 e. The molecular formula is C21H24FN5O4S. The van der Waals surface area contributed by atoms with Crippen LogP contribution in [-0.2, 0) is 16.7 Å². The number of aryl methyl sites for hydroxylation is 1. The van der Waals surface area contributed by atoms with Crippen LogP contribution >= 0.6 is 0 Å². The second-order valence-electron chi connectivity index (χ2n) is 8.49. The maximum atomic E-state index is 15.1. The highest BCUT2D eigenvalue weighted by atomic mass is 32.2. The lowest BCUT2D eigenvalue weighted by molar-refractivity contribution is 0.117. The number of aromatic nitrogens is 3. The number of likely N-dealkylation sites (N-methyl/N-ethyl adjacent to an activating group) is 1. The van der Waals surface area contributed by atoms with Crippen molar-refractivity contribution < 1.29 is 22.5 Å². The van der Waals surface area contributed by atoms with E-state index in [1.807, 2.05) is 12.1 Å². The number of benzene rings is 1. The highest BCUT2D eigenvalue weighted by molar-refractivity contribution is 7.83. The Hall–Kier alpha value is -2.60. The largest absolute Gasteiger partial charge is 0.391 e. The Morgan fingerprint density at radius 2 is 2.03 bits per heavy atom. The summed E-state index contributed by atoms with van der Waals surface area (Å²) in [6.07, 6.45) is 3.93. The molecule has 11 heteroatoms. The molecule has 4 atom stereocenters. The van der Waals surface area contributed by atoms with Gasteiger partial charge in [0, 0.05) is 19.3 Å². The number of hydrogen-bond donors (Lipinski definition) is 3. The van der Waals surface area contributed by atoms with E-state index < -0.39 is 28.3 Å². The van der Waals surface area contributed by atoms with E-state index in [9.17, 15) is 18.1 Å². The van der Waals surface area contributed by atoms with E-state index in [4.69, 9.17) is 0 Å². The monoisotopic (exact) mass is 461 g/mol. The van der Waals surface area contributed by atoms with Crippen LogP contribution in [0.5, 0.6) is 0 Å². The van der Waals surface area contributed by atoms with Gasteiger partial charge in [0.2, 0.25) is 0 Å². The average molecular weight is 462 g/mol. The molecule has 5 rings (SSSR count). The fourth-order valence-corrected chi connectivity index (χ4v) is 5.63. The number of aliphatic hydroxyl groups is 1. The molecule has 0 bridgehead atoms. The summed E-state index contributed by atoms with van der Waals surface area (Å²) in [5, 5.41) is 14.0. The Morgan fingerprint density at radius 3 is 2.81 bits per heavy atom. The van der Waals surface area contributed by atoms with E-state index in [2.05, 4.69) is 27.4 Å². The van der Waals surface area contributed by atoms with Gasteiger partial charge in [-0.05, 0) is 36.8 Å². The first kappa shape index (κ1) is 21.3. The molecule has 2 aliphatic rings. The lowest BCUT2D eigenvalue weighted by atomic mass is 10.1. The van der Waals surface area contributed by atoms with Gasteiger partial charge in [0.15, 0.2) is 5.82 Å². The number of fused-ring (bicyclic) bond motifs is 2. The lowest BCUT2D eigenvalue weighted by Crippen LogP contribution is -2.41. The van der Waals surface area contributed by atoms with Crippen LogP contribution in [0.15, 0.2) is 36.8 Å². The van der Waals surface area contributed by atoms with Gasteiger partial charge in [-0.1, -0.05) is 24.3 Å². The molecule has 2 aromatic heterocycles. The second kappa shape index (κ2) is 7.77. The van der Waals surface area contributed by atoms with Crippen LogP contribution in [0.4, 0.5) is 10.2 Å². The number of anilines is 1. The summed E-state index contributed by atoms with van der Waals surface area (Å²) in [5.74, 6) is -0.0893. The fourth-order valence-electron chi connectivity index (χ4n) is 5.06. The van der Waals surface area contributed by atoms with Crippen LogP contribution in [0.2, 0.25) is 0 Å². The van der Waals surface area contributed by atoms with E-state index in [1.165, 1.54) is 30.7 Å². The number of aliphatic hydroxyl groups excluding tert-OH is 1. The number of nitrogens with one attached hydrogen (secondary N) is 1. The second-order valence-corrected chi connectivity index (χ2v) is 9.97. The van der Waals surface area contributed by atoms with Gasteiger partial charge in [0.05, 0.1) is 23.6 Å². The highest BCUT2D eigenvalue weighted by Crippen LogP contribution is 2.39. The number of nitrogens with zero attached hydrogens (tertiary/aromatic N) is 4. The summed E-state index contributed by atoms with van der Waals surface area (Å²) in [6.45, 7) is 0. The van der Waals surface area contributed by atoms with E-state index in [0.29, 0.717) is 11.5 Å². The summed E-state index contributed by atoms with van der Waals surface area (Å²) in [5.41, 5.74) is 2.81. The van der Waals surface area contributed by atoms with Crippen LogP contribution in [0.3, 0.4) is 0 Å². The minimum absolute atomic E-state index is 0.0214. The molecule has 0 radical (unpaired) electrons. The van der Waals surface area contributed by atoms with E-state index in [-0.39, 0.29) is 30.3 Å². The summed E-state index contributed by atoms with van der Waals surface area (Å²) in [6, 6.07) is 6.96. The van der Waals surface area contributed by atoms with Crippen molar-refractivity contribution in [3.05, 3.63) is 53.7 Å². The van der Waals surface area contributed by atoms with E-state index in [1.54, 1.807) is 4.57 Å². The maximum absolute atomic E-state index is 15.1. The van der Waals surface area contributed by atoms with Crippen molar-refractivity contribution in [2.45, 2.75) is 49.9 Å². The zero-order valence-electron chi connectivity index (χ0n) is 17.4. The Kier molecular flexibility index (Phi) is 5.16. The number of halogens is 1. The molecule has 0 amide bonds. The minimum atomic E-state index is -4.45. The molecule has 0 spiro atoms. The summed E-state index contributed by atoms with van der Waals surface area (Å²) >= 11 is 0. The van der Waals surface area contributed by atoms with Crippen molar-refractivity contribution in [3.63, 3.8) is 0 Å². The summed E-state index contributed by atoms with van der Waals surface area (Å²) in [7, 11) is -3.24. The van der Waals surface area contributed by atoms with Gasteiger partial charge in [0.25, 0.3) is 0 Å². The SMILES string of the molecule is CN([C@H]1C[C@@H](n2cc(F)c3c(N[C@H]4CCc5ccccc54)ncnc32)C[C@@H]1O)S(=O)(=O)O. The molecule has 0 aliphatic heterocycles. The topological polar surface area (TPSA) is 121 Å². The first-order valence-corrected chi connectivity index (χ1v) is 11.9. The van der Waals surface area contributed by atoms with E-state index >= 15 is 4.39 Å². The standard InChI is InChI=1S/C21H24FN5O4S/c1-26(32(29,30)31)17-8-13(9-18(17)28)27-10-15(22)19-20(23-11-24-21(19)27)25-16-7-6-12-4-2-3-5-14(12)16/h2-5,10-11,13,16-18,28H,6-9H2,1H3,(H,23,24,25)(H,29,30,31)/t13-,16+,17+,18+/m1/s1. The minimum Gasteiger partial charge on any atom is -0.391 e. The first-order valence-electron chi connectivity index (χ1n) is 10.5. The zero-order chi connectivity index (χ0) is 22.6. The fraction of sp³-hybridized carbons (Fsp3) is 0.429. The zero-order valence-corrected chi connectivity index (χ0v) is 18.2. The van der Waals surface area contributed by atoms with Crippen molar-refractivity contribution in [1.29, 1.82) is 0 Å².